The monoisotopic (exact) mass is 211 g/mol. The minimum atomic E-state index is 0.723. The molecule has 2 unspecified atom stereocenters. The second-order valence-corrected chi connectivity index (χ2v) is 5.05. The maximum absolute atomic E-state index is 4.25. The average Bonchev–Trinajstić information content (AvgIpc) is 2.74. The van der Waals surface area contributed by atoms with Crippen molar-refractivity contribution in [3.63, 3.8) is 0 Å². The summed E-state index contributed by atoms with van der Waals surface area (Å²) in [4.78, 5) is 0. The third-order valence-electron chi connectivity index (χ3n) is 2.67. The third-order valence-corrected chi connectivity index (χ3v) is 3.79. The average molecular weight is 211 g/mol. The summed E-state index contributed by atoms with van der Waals surface area (Å²) in [5, 5.41) is 14.2. The predicted molar refractivity (Wildman–Crippen MR) is 58.7 cm³/mol. The predicted octanol–water partition coefficient (Wildman–Crippen LogP) is 1.81. The summed E-state index contributed by atoms with van der Waals surface area (Å²) in [6.07, 6.45) is 2.33. The largest absolute Gasteiger partial charge is 0.317 e. The van der Waals surface area contributed by atoms with Gasteiger partial charge in [-0.05, 0) is 18.9 Å². The molecule has 0 radical (unpaired) electrons. The number of likely N-dealkylation sites (N-methyl/N-ethyl adjacent to an activating group) is 1. The molecule has 0 saturated heterocycles. The summed E-state index contributed by atoms with van der Waals surface area (Å²) in [7, 11) is 0. The van der Waals surface area contributed by atoms with Gasteiger partial charge in [-0.15, -0.1) is 21.5 Å². The van der Waals surface area contributed by atoms with Crippen molar-refractivity contribution < 1.29 is 0 Å². The Hall–Kier alpha value is -0.480. The lowest BCUT2D eigenvalue weighted by Crippen LogP contribution is -2.15. The highest BCUT2D eigenvalue weighted by Crippen LogP contribution is 2.47. The number of rotatable bonds is 5. The Labute approximate surface area is 88.9 Å². The molecule has 0 bridgehead atoms. The minimum absolute atomic E-state index is 0.723. The van der Waals surface area contributed by atoms with Crippen molar-refractivity contribution in [3.05, 3.63) is 10.0 Å². The normalized spacial score (nSPS) is 25.3. The molecule has 1 aliphatic carbocycles. The zero-order valence-corrected chi connectivity index (χ0v) is 9.60. The summed E-state index contributed by atoms with van der Waals surface area (Å²) in [5.74, 6) is 1.56. The van der Waals surface area contributed by atoms with Crippen molar-refractivity contribution in [3.8, 4) is 0 Å². The SMILES string of the molecule is CCNCCc1nnc(C2CC2C)s1. The highest BCUT2D eigenvalue weighted by atomic mass is 32.1. The van der Waals surface area contributed by atoms with Gasteiger partial charge in [0.15, 0.2) is 0 Å². The van der Waals surface area contributed by atoms with Crippen LogP contribution < -0.4 is 5.32 Å². The second-order valence-electron chi connectivity index (χ2n) is 3.96. The minimum Gasteiger partial charge on any atom is -0.317 e. The molecule has 78 valence electrons. The van der Waals surface area contributed by atoms with Crippen LogP contribution >= 0.6 is 11.3 Å². The van der Waals surface area contributed by atoms with E-state index in [4.69, 9.17) is 0 Å². The van der Waals surface area contributed by atoms with Gasteiger partial charge in [0.1, 0.15) is 10.0 Å². The van der Waals surface area contributed by atoms with Gasteiger partial charge in [-0.2, -0.15) is 0 Å². The maximum Gasteiger partial charge on any atom is 0.120 e. The highest BCUT2D eigenvalue weighted by molar-refractivity contribution is 7.11. The third kappa shape index (κ3) is 2.30. The van der Waals surface area contributed by atoms with E-state index in [1.54, 1.807) is 11.3 Å². The van der Waals surface area contributed by atoms with Gasteiger partial charge in [0.25, 0.3) is 0 Å². The van der Waals surface area contributed by atoms with E-state index in [2.05, 4.69) is 29.4 Å². The molecule has 4 heteroatoms. The molecule has 0 aliphatic heterocycles. The van der Waals surface area contributed by atoms with Crippen LogP contribution in [0.4, 0.5) is 0 Å². The fourth-order valence-electron chi connectivity index (χ4n) is 1.56. The van der Waals surface area contributed by atoms with Crippen molar-refractivity contribution >= 4 is 11.3 Å². The van der Waals surface area contributed by atoms with Gasteiger partial charge in [-0.1, -0.05) is 13.8 Å². The lowest BCUT2D eigenvalue weighted by atomic mass is 10.4. The van der Waals surface area contributed by atoms with Crippen LogP contribution in [-0.4, -0.2) is 23.3 Å². The fraction of sp³-hybridized carbons (Fsp3) is 0.800. The van der Waals surface area contributed by atoms with Crippen LogP contribution in [0.15, 0.2) is 0 Å². The van der Waals surface area contributed by atoms with Gasteiger partial charge in [0, 0.05) is 18.9 Å². The first-order valence-corrected chi connectivity index (χ1v) is 6.16. The van der Waals surface area contributed by atoms with Crippen LogP contribution in [0.1, 0.15) is 36.2 Å². The van der Waals surface area contributed by atoms with Gasteiger partial charge >= 0.3 is 0 Å². The first-order valence-electron chi connectivity index (χ1n) is 5.34. The van der Waals surface area contributed by atoms with E-state index in [-0.39, 0.29) is 0 Å². The van der Waals surface area contributed by atoms with Crippen LogP contribution in [0, 0.1) is 5.92 Å². The van der Waals surface area contributed by atoms with Gasteiger partial charge < -0.3 is 5.32 Å². The molecule has 1 aliphatic rings. The molecule has 14 heavy (non-hydrogen) atoms. The first-order chi connectivity index (χ1) is 6.81. The molecule has 0 spiro atoms. The number of hydrogen-bond acceptors (Lipinski definition) is 4. The number of nitrogens with zero attached hydrogens (tertiary/aromatic N) is 2. The summed E-state index contributed by atoms with van der Waals surface area (Å²) >= 11 is 1.80. The standard InChI is InChI=1S/C10H17N3S/c1-3-11-5-4-9-12-13-10(14-9)8-6-7(8)2/h7-8,11H,3-6H2,1-2H3. The Morgan fingerprint density at radius 3 is 2.93 bits per heavy atom. The quantitative estimate of drug-likeness (QED) is 0.755. The van der Waals surface area contributed by atoms with E-state index < -0.39 is 0 Å². The van der Waals surface area contributed by atoms with Crippen LogP contribution in [0.3, 0.4) is 0 Å². The van der Waals surface area contributed by atoms with Gasteiger partial charge in [0.2, 0.25) is 0 Å². The summed E-state index contributed by atoms with van der Waals surface area (Å²) in [6, 6.07) is 0. The van der Waals surface area contributed by atoms with Crippen molar-refractivity contribution in [1.29, 1.82) is 0 Å². The smallest absolute Gasteiger partial charge is 0.120 e. The Morgan fingerprint density at radius 1 is 1.50 bits per heavy atom. The van der Waals surface area contributed by atoms with Crippen molar-refractivity contribution in [1.82, 2.24) is 15.5 Å². The van der Waals surface area contributed by atoms with Crippen molar-refractivity contribution in [2.45, 2.75) is 32.6 Å². The molecule has 1 saturated carbocycles. The molecular formula is C10H17N3S. The van der Waals surface area contributed by atoms with Gasteiger partial charge in [0.05, 0.1) is 0 Å². The Balaban J connectivity index is 1.84. The molecule has 0 aromatic carbocycles. The van der Waals surface area contributed by atoms with Crippen LogP contribution in [0.25, 0.3) is 0 Å². The fourth-order valence-corrected chi connectivity index (χ4v) is 2.64. The highest BCUT2D eigenvalue weighted by Gasteiger charge is 2.36. The summed E-state index contributed by atoms with van der Waals surface area (Å²) in [6.45, 7) is 6.46. The van der Waals surface area contributed by atoms with E-state index >= 15 is 0 Å². The first kappa shape index (κ1) is 10.1. The van der Waals surface area contributed by atoms with Crippen molar-refractivity contribution in [2.24, 2.45) is 5.92 Å². The molecule has 0 amide bonds. The maximum atomic E-state index is 4.25. The zero-order chi connectivity index (χ0) is 9.97. The van der Waals surface area contributed by atoms with Gasteiger partial charge in [-0.25, -0.2) is 0 Å². The van der Waals surface area contributed by atoms with E-state index in [0.717, 1.165) is 31.3 Å². The van der Waals surface area contributed by atoms with E-state index in [0.29, 0.717) is 0 Å². The van der Waals surface area contributed by atoms with E-state index in [1.807, 2.05) is 0 Å². The van der Waals surface area contributed by atoms with Gasteiger partial charge in [-0.3, -0.25) is 0 Å². The molecule has 3 nitrogen and oxygen atoms in total. The summed E-state index contributed by atoms with van der Waals surface area (Å²) < 4.78 is 0. The topological polar surface area (TPSA) is 37.8 Å². The van der Waals surface area contributed by atoms with Crippen molar-refractivity contribution in [2.75, 3.05) is 13.1 Å². The Morgan fingerprint density at radius 2 is 2.29 bits per heavy atom. The van der Waals surface area contributed by atoms with Crippen LogP contribution in [-0.2, 0) is 6.42 Å². The Bertz CT molecular complexity index is 297. The van der Waals surface area contributed by atoms with Crippen LogP contribution in [0.2, 0.25) is 0 Å². The molecule has 1 heterocycles. The number of nitrogens with one attached hydrogen (secondary N) is 1. The number of aromatic nitrogens is 2. The molecule has 2 rings (SSSR count). The summed E-state index contributed by atoms with van der Waals surface area (Å²) in [5.41, 5.74) is 0. The van der Waals surface area contributed by atoms with E-state index in [1.165, 1.54) is 16.4 Å². The zero-order valence-electron chi connectivity index (χ0n) is 8.79. The molecular weight excluding hydrogens is 194 g/mol. The molecule has 2 atom stereocenters. The molecule has 1 N–H and O–H groups in total. The van der Waals surface area contributed by atoms with E-state index in [9.17, 15) is 0 Å². The lowest BCUT2D eigenvalue weighted by Gasteiger charge is -1.95. The molecule has 1 fully saturated rings. The second kappa shape index (κ2) is 4.36. The molecule has 1 aromatic rings. The number of hydrogen-bond donors (Lipinski definition) is 1. The lowest BCUT2D eigenvalue weighted by molar-refractivity contribution is 0.709. The Kier molecular flexibility index (Phi) is 3.13. The van der Waals surface area contributed by atoms with Crippen LogP contribution in [0.5, 0.6) is 0 Å². The molecule has 1 aromatic heterocycles.